The predicted octanol–water partition coefficient (Wildman–Crippen LogP) is 8.87. The number of nitrogens with zero attached hydrogens (tertiary/aromatic N) is 4. The van der Waals surface area contributed by atoms with E-state index in [1.165, 1.54) is 0 Å². The molecule has 0 unspecified atom stereocenters. The lowest BCUT2D eigenvalue weighted by Gasteiger charge is -2.31. The van der Waals surface area contributed by atoms with Crippen molar-refractivity contribution in [1.82, 2.24) is 40.4 Å². The predicted molar refractivity (Wildman–Crippen MR) is 234 cm³/mol. The van der Waals surface area contributed by atoms with Crippen LogP contribution in [0.4, 0.5) is 9.59 Å². The van der Waals surface area contributed by atoms with Crippen LogP contribution < -0.4 is 10.6 Å². The van der Waals surface area contributed by atoms with Crippen LogP contribution >= 0.6 is 0 Å². The van der Waals surface area contributed by atoms with Crippen molar-refractivity contribution in [2.45, 2.75) is 89.6 Å². The van der Waals surface area contributed by atoms with Crippen molar-refractivity contribution in [1.29, 1.82) is 0 Å². The van der Waals surface area contributed by atoms with Crippen molar-refractivity contribution in [3.05, 3.63) is 143 Å². The zero-order valence-corrected chi connectivity index (χ0v) is 35.0. The van der Waals surface area contributed by atoms with Gasteiger partial charge in [-0.2, -0.15) is 0 Å². The summed E-state index contributed by atoms with van der Waals surface area (Å²) in [7, 11) is 0. The Bertz CT molecular complexity index is 2590. The van der Waals surface area contributed by atoms with E-state index in [4.69, 9.17) is 9.97 Å². The van der Waals surface area contributed by atoms with E-state index >= 15 is 0 Å². The Hall–Kier alpha value is -7.22. The molecular weight excluding hydrogens is 785 g/mol. The normalized spacial score (nSPS) is 19.5. The number of aromatic nitrogens is 4. The average molecular weight is 835 g/mol. The van der Waals surface area contributed by atoms with E-state index < -0.39 is 24.3 Å². The summed E-state index contributed by atoms with van der Waals surface area (Å²) in [6.07, 6.45) is 4.10. The van der Waals surface area contributed by atoms with E-state index in [0.29, 0.717) is 35.6 Å². The molecule has 14 nitrogen and oxygen atoms in total. The first kappa shape index (κ1) is 41.5. The van der Waals surface area contributed by atoms with Gasteiger partial charge < -0.3 is 40.6 Å². The summed E-state index contributed by atoms with van der Waals surface area (Å²) in [5.41, 5.74) is 8.83. The van der Waals surface area contributed by atoms with Crippen LogP contribution in [0.25, 0.3) is 33.6 Å². The molecule has 0 spiro atoms. The fourth-order valence-corrected chi connectivity index (χ4v) is 9.19. The zero-order valence-electron chi connectivity index (χ0n) is 35.0. The van der Waals surface area contributed by atoms with Gasteiger partial charge in [0.25, 0.3) is 11.8 Å². The molecular formula is C48H50N8O6. The summed E-state index contributed by atoms with van der Waals surface area (Å²) in [5, 5.41) is 24.1. The lowest BCUT2D eigenvalue weighted by atomic mass is 9.92. The number of amides is 4. The van der Waals surface area contributed by atoms with E-state index in [2.05, 4.69) is 58.7 Å². The fraction of sp³-hybridized carbons (Fsp3) is 0.292. The number of hydrogen-bond acceptors (Lipinski definition) is 6. The molecule has 6 N–H and O–H groups in total. The zero-order chi connectivity index (χ0) is 43.7. The molecule has 2 fully saturated rings. The second-order valence-electron chi connectivity index (χ2n) is 16.3. The first-order valence-electron chi connectivity index (χ1n) is 20.9. The lowest BCUT2D eigenvalue weighted by Crippen LogP contribution is -2.45. The van der Waals surface area contributed by atoms with Crippen LogP contribution in [0.2, 0.25) is 0 Å². The molecule has 0 bridgehead atoms. The Labute approximate surface area is 359 Å². The summed E-state index contributed by atoms with van der Waals surface area (Å²) >= 11 is 0. The molecule has 2 aromatic heterocycles. The highest BCUT2D eigenvalue weighted by Crippen LogP contribution is 2.40. The molecule has 62 heavy (non-hydrogen) atoms. The van der Waals surface area contributed by atoms with Crippen molar-refractivity contribution in [3.63, 3.8) is 0 Å². The fourth-order valence-electron chi connectivity index (χ4n) is 9.19. The van der Waals surface area contributed by atoms with Gasteiger partial charge in [0.15, 0.2) is 0 Å². The number of carbonyl (C=O) groups excluding carboxylic acids is 2. The first-order valence-corrected chi connectivity index (χ1v) is 20.9. The molecule has 8 rings (SSSR count). The summed E-state index contributed by atoms with van der Waals surface area (Å²) < 4.78 is 0. The Morgan fingerprint density at radius 2 is 1.00 bits per heavy atom. The van der Waals surface area contributed by atoms with Gasteiger partial charge in [-0.25, -0.2) is 19.6 Å². The van der Waals surface area contributed by atoms with Gasteiger partial charge in [-0.3, -0.25) is 9.59 Å². The topological polar surface area (TPSA) is 197 Å². The maximum absolute atomic E-state index is 14.0. The van der Waals surface area contributed by atoms with Crippen LogP contribution in [0.1, 0.15) is 97.6 Å². The van der Waals surface area contributed by atoms with Crippen molar-refractivity contribution < 1.29 is 29.4 Å². The van der Waals surface area contributed by atoms with Gasteiger partial charge in [-0.15, -0.1) is 0 Å². The van der Waals surface area contributed by atoms with Crippen molar-refractivity contribution >= 4 is 24.0 Å². The molecule has 0 aliphatic carbocycles. The molecule has 4 aromatic carbocycles. The number of nitrogens with one attached hydrogen (secondary N) is 4. The Morgan fingerprint density at radius 1 is 0.581 bits per heavy atom. The van der Waals surface area contributed by atoms with Crippen LogP contribution in [0, 0.1) is 13.8 Å². The molecule has 2 aliphatic rings. The van der Waals surface area contributed by atoms with Crippen molar-refractivity contribution in [2.75, 3.05) is 0 Å². The third kappa shape index (κ3) is 8.15. The number of hydrogen-bond donors (Lipinski definition) is 6. The minimum Gasteiger partial charge on any atom is -0.465 e. The summed E-state index contributed by atoms with van der Waals surface area (Å²) in [6, 6.07) is 27.2. The molecule has 6 aromatic rings. The molecule has 0 radical (unpaired) electrons. The highest BCUT2D eigenvalue weighted by atomic mass is 16.4. The number of aromatic amines is 2. The average Bonchev–Trinajstić information content (AvgIpc) is 4.10. The Morgan fingerprint density at radius 3 is 1.48 bits per heavy atom. The number of imidazole rings is 2. The lowest BCUT2D eigenvalue weighted by molar-refractivity contribution is -0.137. The van der Waals surface area contributed by atoms with Crippen LogP contribution in [-0.2, 0) is 9.59 Å². The van der Waals surface area contributed by atoms with Gasteiger partial charge in [0, 0.05) is 35.6 Å². The summed E-state index contributed by atoms with van der Waals surface area (Å²) in [4.78, 5) is 71.6. The monoisotopic (exact) mass is 834 g/mol. The van der Waals surface area contributed by atoms with Gasteiger partial charge in [-0.05, 0) is 86.8 Å². The van der Waals surface area contributed by atoms with E-state index in [1.54, 1.807) is 58.3 Å². The van der Waals surface area contributed by atoms with Gasteiger partial charge in [0.05, 0.1) is 23.5 Å². The van der Waals surface area contributed by atoms with Gasteiger partial charge >= 0.3 is 12.2 Å². The van der Waals surface area contributed by atoms with Crippen LogP contribution in [0.5, 0.6) is 0 Å². The van der Waals surface area contributed by atoms with Crippen LogP contribution in [-0.4, -0.2) is 76.0 Å². The molecule has 2 saturated heterocycles. The number of benzene rings is 4. The number of carboxylic acid groups (broad SMARTS) is 2. The minimum absolute atomic E-state index is 0.102. The molecule has 4 heterocycles. The van der Waals surface area contributed by atoms with Gasteiger partial charge in [0.2, 0.25) is 0 Å². The standard InChI is InChI=1S/C48H50N8O6/c1-27-15-23-39(55(27)45(57)41(53-47(59)60)33-11-7-5-8-12-33)43-49-25-37(51-43)32-19-17-31(18-20-32)35-21-22-36(30(4)29(35)3)38-26-50-44(52-38)40-24-16-28(2)56(40)46(58)42(54-48(61)62)34-13-9-6-10-14-34/h5-14,17-22,25-28,39-42,53-54H,15-16,23-24H2,1-4H3,(H,49,51)(H,50,52)(H,59,60)(H,61,62)/t27-,28-,39-,40-,41+,42+/m0/s1. The third-order valence-electron chi connectivity index (χ3n) is 12.5. The van der Waals surface area contributed by atoms with E-state index in [9.17, 15) is 29.4 Å². The SMILES string of the molecule is Cc1c(-c2ccc(-c3c[nH]c([C@@H]4CC[C@H](C)N4C(=O)[C@H](NC(=O)O)c4ccccc4)n3)cc2)ccc(-c2c[nH]c([C@@H]3CC[C@H](C)N3C(=O)[C@H](NC(=O)O)c3ccccc3)n2)c1C. The smallest absolute Gasteiger partial charge is 0.405 e. The number of H-pyrrole nitrogens is 2. The molecule has 0 saturated carbocycles. The maximum atomic E-state index is 14.0. The maximum Gasteiger partial charge on any atom is 0.405 e. The second kappa shape index (κ2) is 17.4. The molecule has 14 heteroatoms. The van der Waals surface area contributed by atoms with E-state index in [-0.39, 0.29) is 36.0 Å². The first-order chi connectivity index (χ1) is 29.9. The number of carbonyl (C=O) groups is 4. The van der Waals surface area contributed by atoms with Gasteiger partial charge in [0.1, 0.15) is 23.7 Å². The molecule has 318 valence electrons. The highest BCUT2D eigenvalue weighted by Gasteiger charge is 2.42. The van der Waals surface area contributed by atoms with Crippen LogP contribution in [0.3, 0.4) is 0 Å². The van der Waals surface area contributed by atoms with Crippen molar-refractivity contribution in [2.24, 2.45) is 0 Å². The molecule has 6 atom stereocenters. The van der Waals surface area contributed by atoms with Gasteiger partial charge in [-0.1, -0.05) is 97.1 Å². The van der Waals surface area contributed by atoms with Crippen molar-refractivity contribution in [3.8, 4) is 33.6 Å². The Balaban J connectivity index is 0.984. The minimum atomic E-state index is -1.27. The van der Waals surface area contributed by atoms with Crippen LogP contribution in [0.15, 0.2) is 109 Å². The van der Waals surface area contributed by atoms with E-state index in [0.717, 1.165) is 57.6 Å². The highest BCUT2D eigenvalue weighted by molar-refractivity contribution is 5.88. The third-order valence-corrected chi connectivity index (χ3v) is 12.5. The molecule has 2 aliphatic heterocycles. The molecule has 4 amide bonds. The summed E-state index contributed by atoms with van der Waals surface area (Å²) in [5.74, 6) is 0.687. The van der Waals surface area contributed by atoms with E-state index in [1.807, 2.05) is 50.5 Å². The summed E-state index contributed by atoms with van der Waals surface area (Å²) in [6.45, 7) is 8.14. The number of rotatable bonds is 11. The Kier molecular flexibility index (Phi) is 11.7. The largest absolute Gasteiger partial charge is 0.465 e. The number of likely N-dealkylation sites (tertiary alicyclic amines) is 2. The quantitative estimate of drug-likeness (QED) is 0.0744. The second-order valence-corrected chi connectivity index (χ2v) is 16.3.